The van der Waals surface area contributed by atoms with E-state index in [1.54, 1.807) is 0 Å². The monoisotopic (exact) mass is 984 g/mol. The van der Waals surface area contributed by atoms with Gasteiger partial charge in [0.05, 0.1) is 25.4 Å². The first-order chi connectivity index (χ1) is 33.7. The number of carbonyl (C=O) groups is 1. The van der Waals surface area contributed by atoms with Crippen LogP contribution in [0.3, 0.4) is 0 Å². The summed E-state index contributed by atoms with van der Waals surface area (Å²) in [6.45, 7) is 3.46. The van der Waals surface area contributed by atoms with Crippen LogP contribution in [0, 0.1) is 0 Å². The third-order valence-corrected chi connectivity index (χ3v) is 14.6. The van der Waals surface area contributed by atoms with Gasteiger partial charge in [0.2, 0.25) is 5.91 Å². The van der Waals surface area contributed by atoms with Gasteiger partial charge in [-0.1, -0.05) is 257 Å². The normalized spacial score (nSPS) is 20.4. The summed E-state index contributed by atoms with van der Waals surface area (Å²) in [6, 6.07) is -1.17. The summed E-state index contributed by atoms with van der Waals surface area (Å²) in [5.41, 5.74) is 0. The zero-order chi connectivity index (χ0) is 50.4. The summed E-state index contributed by atoms with van der Waals surface area (Å²) < 4.78 is 11.1. The van der Waals surface area contributed by atoms with Crippen LogP contribution in [0.1, 0.15) is 284 Å². The van der Waals surface area contributed by atoms with Crippen molar-refractivity contribution in [2.75, 3.05) is 13.2 Å². The van der Waals surface area contributed by atoms with E-state index in [0.29, 0.717) is 19.3 Å². The van der Waals surface area contributed by atoms with Crippen LogP contribution in [-0.2, 0) is 14.3 Å². The Labute approximate surface area is 423 Å². The smallest absolute Gasteiger partial charge is 0.249 e. The molecule has 0 saturated carbocycles. The molecule has 0 radical (unpaired) electrons. The van der Waals surface area contributed by atoms with Gasteiger partial charge >= 0.3 is 0 Å². The first kappa shape index (κ1) is 65.9. The van der Waals surface area contributed by atoms with Crippen molar-refractivity contribution >= 4 is 5.91 Å². The molecule has 1 aliphatic rings. The maximum absolute atomic E-state index is 13.1. The molecule has 1 amide bonds. The topological polar surface area (TPSA) is 189 Å². The van der Waals surface area contributed by atoms with Gasteiger partial charge in [-0.3, -0.25) is 4.79 Å². The third-order valence-electron chi connectivity index (χ3n) is 14.6. The van der Waals surface area contributed by atoms with Crippen molar-refractivity contribution in [1.82, 2.24) is 5.32 Å². The van der Waals surface area contributed by atoms with E-state index in [2.05, 4.69) is 31.3 Å². The fraction of sp³-hybridized carbons (Fsp3) is 0.948. The second-order valence-electron chi connectivity index (χ2n) is 21.1. The molecule has 9 unspecified atom stereocenters. The van der Waals surface area contributed by atoms with Crippen LogP contribution < -0.4 is 5.32 Å². The molecule has 1 aliphatic heterocycles. The number of allylic oxidation sites excluding steroid dienone is 2. The molecule has 9 atom stereocenters. The summed E-state index contributed by atoms with van der Waals surface area (Å²) in [7, 11) is 0. The minimum atomic E-state index is -1.66. The zero-order valence-corrected chi connectivity index (χ0v) is 44.8. The lowest BCUT2D eigenvalue weighted by molar-refractivity contribution is -0.303. The predicted octanol–water partition coefficient (Wildman–Crippen LogP) is 12.4. The van der Waals surface area contributed by atoms with E-state index in [4.69, 9.17) is 9.47 Å². The highest BCUT2D eigenvalue weighted by molar-refractivity contribution is 5.80. The number of unbranched alkanes of at least 4 members (excludes halogenated alkanes) is 37. The van der Waals surface area contributed by atoms with Crippen LogP contribution in [0.4, 0.5) is 0 Å². The molecule has 1 rings (SSSR count). The van der Waals surface area contributed by atoms with Crippen LogP contribution in [0.2, 0.25) is 0 Å². The van der Waals surface area contributed by atoms with Crippen LogP contribution in [0.15, 0.2) is 12.2 Å². The van der Waals surface area contributed by atoms with Crippen molar-refractivity contribution in [3.05, 3.63) is 12.2 Å². The number of aliphatic hydroxyl groups excluding tert-OH is 7. The number of hydrogen-bond acceptors (Lipinski definition) is 10. The van der Waals surface area contributed by atoms with Crippen molar-refractivity contribution in [1.29, 1.82) is 0 Å². The second kappa shape index (κ2) is 47.8. The summed E-state index contributed by atoms with van der Waals surface area (Å²) in [5, 5.41) is 76.1. The Hall–Kier alpha value is -1.15. The van der Waals surface area contributed by atoms with Crippen LogP contribution >= 0.6 is 0 Å². The predicted molar refractivity (Wildman–Crippen MR) is 284 cm³/mol. The maximum Gasteiger partial charge on any atom is 0.249 e. The molecule has 8 N–H and O–H groups in total. The molecule has 410 valence electrons. The van der Waals surface area contributed by atoms with E-state index in [-0.39, 0.29) is 6.42 Å². The van der Waals surface area contributed by atoms with Gasteiger partial charge in [0.15, 0.2) is 6.29 Å². The molecule has 11 heteroatoms. The van der Waals surface area contributed by atoms with E-state index in [1.165, 1.54) is 186 Å². The minimum Gasteiger partial charge on any atom is -0.394 e. The Balaban J connectivity index is 2.24. The van der Waals surface area contributed by atoms with Crippen LogP contribution in [0.25, 0.3) is 0 Å². The molecule has 0 aromatic heterocycles. The molecule has 1 fully saturated rings. The highest BCUT2D eigenvalue weighted by Gasteiger charge is 2.44. The fourth-order valence-electron chi connectivity index (χ4n) is 9.73. The molecule has 1 heterocycles. The minimum absolute atomic E-state index is 0.255. The van der Waals surface area contributed by atoms with Gasteiger partial charge in [0, 0.05) is 0 Å². The largest absolute Gasteiger partial charge is 0.394 e. The number of aliphatic hydroxyl groups is 7. The highest BCUT2D eigenvalue weighted by atomic mass is 16.7. The van der Waals surface area contributed by atoms with Gasteiger partial charge in [0.1, 0.15) is 36.6 Å². The molecule has 0 aromatic rings. The number of rotatable bonds is 51. The third kappa shape index (κ3) is 36.4. The molecule has 0 aliphatic carbocycles. The average molecular weight is 985 g/mol. The molecule has 0 bridgehead atoms. The summed E-state index contributed by atoms with van der Waals surface area (Å²) in [6.07, 6.45) is 44.2. The van der Waals surface area contributed by atoms with Crippen LogP contribution in [0.5, 0.6) is 0 Å². The van der Waals surface area contributed by atoms with Gasteiger partial charge in [0.25, 0.3) is 0 Å². The maximum atomic E-state index is 13.1. The van der Waals surface area contributed by atoms with Crippen molar-refractivity contribution in [3.8, 4) is 0 Å². The first-order valence-corrected chi connectivity index (χ1v) is 29.6. The molecule has 11 nitrogen and oxygen atoms in total. The number of ether oxygens (including phenoxy) is 2. The lowest BCUT2D eigenvalue weighted by Gasteiger charge is -2.40. The molecule has 1 saturated heterocycles. The Morgan fingerprint density at radius 2 is 0.841 bits per heavy atom. The summed E-state index contributed by atoms with van der Waals surface area (Å²) in [5.74, 6) is -0.698. The Morgan fingerprint density at radius 3 is 1.23 bits per heavy atom. The standard InChI is InChI=1S/C58H113NO10/c1-3-5-7-9-11-13-15-17-19-20-21-22-23-24-25-26-27-28-29-30-31-32-34-35-37-39-41-43-45-50(61)53(63)49(48-68-58-56(66)55(65)54(64)52(47-60)69-58)59-57(67)51(62)46-44-42-40-38-36-33-18-16-14-12-10-8-6-4-2/h14,16,49-56,58,60-66H,3-13,15,17-48H2,1-2H3,(H,59,67)/b16-14-. The Morgan fingerprint density at radius 1 is 0.493 bits per heavy atom. The molecule has 0 spiro atoms. The number of nitrogens with one attached hydrogen (secondary N) is 1. The fourth-order valence-corrected chi connectivity index (χ4v) is 9.73. The Bertz CT molecular complexity index is 1130. The van der Waals surface area contributed by atoms with E-state index < -0.39 is 74.2 Å². The Kier molecular flexibility index (Phi) is 45.7. The van der Waals surface area contributed by atoms with E-state index in [9.17, 15) is 40.5 Å². The van der Waals surface area contributed by atoms with Crippen molar-refractivity contribution in [3.63, 3.8) is 0 Å². The molecule has 0 aromatic carbocycles. The number of amides is 1. The van der Waals surface area contributed by atoms with Crippen LogP contribution in [-0.4, -0.2) is 110 Å². The van der Waals surface area contributed by atoms with E-state index in [0.717, 1.165) is 57.8 Å². The summed E-state index contributed by atoms with van der Waals surface area (Å²) in [4.78, 5) is 13.1. The highest BCUT2D eigenvalue weighted by Crippen LogP contribution is 2.24. The van der Waals surface area contributed by atoms with E-state index in [1.807, 2.05) is 0 Å². The molecular weight excluding hydrogens is 871 g/mol. The molecule has 69 heavy (non-hydrogen) atoms. The van der Waals surface area contributed by atoms with Gasteiger partial charge in [-0.2, -0.15) is 0 Å². The second-order valence-corrected chi connectivity index (χ2v) is 21.1. The SMILES string of the molecule is CCCCCC/C=C\CCCCCCCCC(O)C(=O)NC(COC1OC(CO)C(O)C(O)C1O)C(O)C(O)CCCCCCCCCCCCCCCCCCCCCCCCCCCCCC. The first-order valence-electron chi connectivity index (χ1n) is 29.6. The quantitative estimate of drug-likeness (QED) is 0.0215. The van der Waals surface area contributed by atoms with Gasteiger partial charge in [-0.05, 0) is 38.5 Å². The van der Waals surface area contributed by atoms with Gasteiger partial charge in [-0.15, -0.1) is 0 Å². The number of hydrogen-bond donors (Lipinski definition) is 8. The zero-order valence-electron chi connectivity index (χ0n) is 44.8. The van der Waals surface area contributed by atoms with E-state index >= 15 is 0 Å². The van der Waals surface area contributed by atoms with Crippen molar-refractivity contribution in [2.45, 2.75) is 339 Å². The van der Waals surface area contributed by atoms with Gasteiger partial charge in [-0.25, -0.2) is 0 Å². The van der Waals surface area contributed by atoms with Crippen molar-refractivity contribution in [2.24, 2.45) is 0 Å². The molecular formula is C58H113NO10. The van der Waals surface area contributed by atoms with Gasteiger partial charge < -0.3 is 50.5 Å². The lowest BCUT2D eigenvalue weighted by Crippen LogP contribution is -2.60. The number of carbonyl (C=O) groups excluding carboxylic acids is 1. The summed E-state index contributed by atoms with van der Waals surface area (Å²) >= 11 is 0. The van der Waals surface area contributed by atoms with Crippen molar-refractivity contribution < 1.29 is 50.0 Å². The lowest BCUT2D eigenvalue weighted by atomic mass is 9.98. The average Bonchev–Trinajstić information content (AvgIpc) is 3.35.